The van der Waals surface area contributed by atoms with E-state index >= 15 is 0 Å². The number of aromatic nitrogens is 1. The van der Waals surface area contributed by atoms with E-state index in [0.29, 0.717) is 11.6 Å². The van der Waals surface area contributed by atoms with Gasteiger partial charge in [-0.25, -0.2) is 8.42 Å². The minimum Gasteiger partial charge on any atom is -0.265 e. The quantitative estimate of drug-likeness (QED) is 0.861. The first-order valence-corrected chi connectivity index (χ1v) is 9.25. The van der Waals surface area contributed by atoms with Gasteiger partial charge in [-0.05, 0) is 42.0 Å². The molecule has 0 bridgehead atoms. The van der Waals surface area contributed by atoms with Gasteiger partial charge in [0.1, 0.15) is 0 Å². The van der Waals surface area contributed by atoms with Crippen molar-refractivity contribution >= 4 is 33.4 Å². The van der Waals surface area contributed by atoms with Crippen molar-refractivity contribution in [1.29, 1.82) is 0 Å². The van der Waals surface area contributed by atoms with Crippen LogP contribution in [0.2, 0.25) is 5.02 Å². The molecule has 0 spiro atoms. The normalized spacial score (nSPS) is 19.8. The van der Waals surface area contributed by atoms with Gasteiger partial charge >= 0.3 is 0 Å². The topological polar surface area (TPSA) is 50.3 Å². The molecule has 1 aliphatic rings. The largest absolute Gasteiger partial charge is 0.265 e. The summed E-state index contributed by atoms with van der Waals surface area (Å²) in [5, 5.41) is 0.323. The second-order valence-electron chi connectivity index (χ2n) is 4.57. The Balaban J connectivity index is 1.96. The summed E-state index contributed by atoms with van der Waals surface area (Å²) < 4.78 is 27.1. The predicted octanol–water partition coefficient (Wildman–Crippen LogP) is 3.17. The Morgan fingerprint density at radius 2 is 1.81 bits per heavy atom. The average molecular weight is 341 g/mol. The van der Waals surface area contributed by atoms with Crippen LogP contribution in [0, 0.1) is 0 Å². The van der Waals surface area contributed by atoms with Gasteiger partial charge < -0.3 is 0 Å². The van der Waals surface area contributed by atoms with Gasteiger partial charge in [0, 0.05) is 29.7 Å². The van der Waals surface area contributed by atoms with Crippen LogP contribution in [-0.2, 0) is 10.0 Å². The van der Waals surface area contributed by atoms with Crippen LogP contribution in [0.1, 0.15) is 10.9 Å². The van der Waals surface area contributed by atoms with Gasteiger partial charge in [0.05, 0.1) is 10.3 Å². The molecule has 0 saturated carbocycles. The molecule has 1 fully saturated rings. The van der Waals surface area contributed by atoms with Crippen LogP contribution in [0.25, 0.3) is 0 Å². The van der Waals surface area contributed by atoms with Gasteiger partial charge in [0.15, 0.2) is 0 Å². The van der Waals surface area contributed by atoms with Crippen molar-refractivity contribution in [1.82, 2.24) is 9.29 Å². The van der Waals surface area contributed by atoms with E-state index in [-0.39, 0.29) is 10.3 Å². The highest BCUT2D eigenvalue weighted by molar-refractivity contribution is 8.01. The lowest BCUT2D eigenvalue weighted by Crippen LogP contribution is -2.30. The number of benzene rings is 1. The Hall–Kier alpha value is -1.08. The highest BCUT2D eigenvalue weighted by Gasteiger charge is 2.36. The molecular formula is C14H13ClN2O2S2. The number of rotatable bonds is 3. The number of hydrogen-bond donors (Lipinski definition) is 0. The molecule has 0 aliphatic carbocycles. The zero-order chi connectivity index (χ0) is 14.9. The van der Waals surface area contributed by atoms with Crippen molar-refractivity contribution in [3.05, 3.63) is 59.4 Å². The molecule has 1 aromatic carbocycles. The highest BCUT2D eigenvalue weighted by atomic mass is 35.5. The molecule has 2 heterocycles. The molecule has 1 atom stereocenters. The van der Waals surface area contributed by atoms with Crippen LogP contribution < -0.4 is 0 Å². The van der Waals surface area contributed by atoms with Crippen molar-refractivity contribution in [2.45, 2.75) is 10.3 Å². The van der Waals surface area contributed by atoms with E-state index in [9.17, 15) is 8.42 Å². The molecule has 2 aromatic rings. The summed E-state index contributed by atoms with van der Waals surface area (Å²) in [7, 11) is -3.52. The highest BCUT2D eigenvalue weighted by Crippen LogP contribution is 2.41. The first kappa shape index (κ1) is 14.8. The molecule has 3 rings (SSSR count). The molecule has 1 saturated heterocycles. The molecule has 1 unspecified atom stereocenters. The molecular weight excluding hydrogens is 328 g/mol. The Bertz CT molecular complexity index is 720. The van der Waals surface area contributed by atoms with Crippen LogP contribution in [0.4, 0.5) is 0 Å². The SMILES string of the molecule is O=S(=O)(c1ccc(Cl)cc1)N1CCSC1c1ccncc1. The van der Waals surface area contributed by atoms with Crippen molar-refractivity contribution in [2.24, 2.45) is 0 Å². The molecule has 0 radical (unpaired) electrons. The standard InChI is InChI=1S/C14H13ClN2O2S2/c15-12-1-3-13(4-2-12)21(18,19)17-9-10-20-14(17)11-5-7-16-8-6-11/h1-8,14H,9-10H2. The minimum atomic E-state index is -3.52. The van der Waals surface area contributed by atoms with Crippen molar-refractivity contribution in [2.75, 3.05) is 12.3 Å². The number of nitrogens with zero attached hydrogens (tertiary/aromatic N) is 2. The van der Waals surface area contributed by atoms with Gasteiger partial charge in [0.25, 0.3) is 0 Å². The Morgan fingerprint density at radius 1 is 1.14 bits per heavy atom. The van der Waals surface area contributed by atoms with E-state index in [2.05, 4.69) is 4.98 Å². The monoisotopic (exact) mass is 340 g/mol. The zero-order valence-corrected chi connectivity index (χ0v) is 13.4. The van der Waals surface area contributed by atoms with E-state index in [1.807, 2.05) is 12.1 Å². The lowest BCUT2D eigenvalue weighted by molar-refractivity contribution is 0.434. The Kier molecular flexibility index (Phi) is 4.21. The van der Waals surface area contributed by atoms with E-state index in [4.69, 9.17) is 11.6 Å². The lowest BCUT2D eigenvalue weighted by atomic mass is 10.3. The van der Waals surface area contributed by atoms with Crippen LogP contribution in [-0.4, -0.2) is 30.0 Å². The van der Waals surface area contributed by atoms with Crippen LogP contribution in [0.3, 0.4) is 0 Å². The van der Waals surface area contributed by atoms with Crippen molar-refractivity contribution < 1.29 is 8.42 Å². The first-order valence-electron chi connectivity index (χ1n) is 6.38. The van der Waals surface area contributed by atoms with Gasteiger partial charge in [-0.3, -0.25) is 4.98 Å². The van der Waals surface area contributed by atoms with Crippen LogP contribution in [0.5, 0.6) is 0 Å². The third kappa shape index (κ3) is 2.94. The fourth-order valence-electron chi connectivity index (χ4n) is 2.23. The van der Waals surface area contributed by atoms with Crippen LogP contribution >= 0.6 is 23.4 Å². The van der Waals surface area contributed by atoms with E-state index in [1.54, 1.807) is 48.4 Å². The zero-order valence-electron chi connectivity index (χ0n) is 11.0. The molecule has 110 valence electrons. The summed E-state index contributed by atoms with van der Waals surface area (Å²) >= 11 is 7.45. The second kappa shape index (κ2) is 5.96. The van der Waals surface area contributed by atoms with Gasteiger partial charge in [-0.2, -0.15) is 4.31 Å². The van der Waals surface area contributed by atoms with Crippen molar-refractivity contribution in [3.63, 3.8) is 0 Å². The molecule has 1 aliphatic heterocycles. The summed E-state index contributed by atoms with van der Waals surface area (Å²) in [6.45, 7) is 0.503. The van der Waals surface area contributed by atoms with Crippen molar-refractivity contribution in [3.8, 4) is 0 Å². The predicted molar refractivity (Wildman–Crippen MR) is 84.8 cm³/mol. The number of pyridine rings is 1. The maximum absolute atomic E-state index is 12.8. The summed E-state index contributed by atoms with van der Waals surface area (Å²) in [5.74, 6) is 0.778. The molecule has 7 heteroatoms. The third-order valence-electron chi connectivity index (χ3n) is 3.26. The van der Waals surface area contributed by atoms with E-state index in [0.717, 1.165) is 11.3 Å². The lowest BCUT2D eigenvalue weighted by Gasteiger charge is -2.23. The molecule has 0 N–H and O–H groups in total. The molecule has 0 amide bonds. The van der Waals surface area contributed by atoms with Gasteiger partial charge in [-0.15, -0.1) is 11.8 Å². The molecule has 21 heavy (non-hydrogen) atoms. The fraction of sp³-hybridized carbons (Fsp3) is 0.214. The summed E-state index contributed by atoms with van der Waals surface area (Å²) in [5.41, 5.74) is 0.949. The molecule has 4 nitrogen and oxygen atoms in total. The smallest absolute Gasteiger partial charge is 0.244 e. The number of sulfonamides is 1. The number of hydrogen-bond acceptors (Lipinski definition) is 4. The Labute approximate surface area is 133 Å². The number of halogens is 1. The maximum atomic E-state index is 12.8. The third-order valence-corrected chi connectivity index (χ3v) is 6.79. The first-order chi connectivity index (χ1) is 10.1. The molecule has 1 aromatic heterocycles. The average Bonchev–Trinajstić information content (AvgIpc) is 2.99. The van der Waals surface area contributed by atoms with Crippen LogP contribution in [0.15, 0.2) is 53.7 Å². The van der Waals surface area contributed by atoms with E-state index < -0.39 is 10.0 Å². The Morgan fingerprint density at radius 3 is 2.48 bits per heavy atom. The summed E-state index contributed by atoms with van der Waals surface area (Å²) in [6.07, 6.45) is 3.36. The minimum absolute atomic E-state index is 0.200. The van der Waals surface area contributed by atoms with Gasteiger partial charge in [-0.1, -0.05) is 11.6 Å². The summed E-state index contributed by atoms with van der Waals surface area (Å²) in [6, 6.07) is 9.99. The maximum Gasteiger partial charge on any atom is 0.244 e. The number of thioether (sulfide) groups is 1. The fourth-order valence-corrected chi connectivity index (χ4v) is 5.60. The van der Waals surface area contributed by atoms with Gasteiger partial charge in [0.2, 0.25) is 10.0 Å². The van der Waals surface area contributed by atoms with E-state index in [1.165, 1.54) is 4.31 Å². The second-order valence-corrected chi connectivity index (χ2v) is 8.09. The summed E-state index contributed by atoms with van der Waals surface area (Å²) in [4.78, 5) is 4.25.